The van der Waals surface area contributed by atoms with Gasteiger partial charge in [0.2, 0.25) is 0 Å². The minimum absolute atomic E-state index is 0.171. The van der Waals surface area contributed by atoms with Gasteiger partial charge in [-0.05, 0) is 52.1 Å². The van der Waals surface area contributed by atoms with E-state index in [1.165, 1.54) is 54.3 Å². The summed E-state index contributed by atoms with van der Waals surface area (Å²) in [4.78, 5) is 16.2. The molecule has 2 aromatic rings. The molecule has 2 atom stereocenters. The number of pyridine rings is 1. The van der Waals surface area contributed by atoms with Gasteiger partial charge in [0.15, 0.2) is 0 Å². The zero-order chi connectivity index (χ0) is 18.4. The predicted octanol–water partition coefficient (Wildman–Crippen LogP) is 3.33. The van der Waals surface area contributed by atoms with Crippen molar-refractivity contribution in [2.75, 3.05) is 24.5 Å². The van der Waals surface area contributed by atoms with Gasteiger partial charge in [0.1, 0.15) is 11.4 Å². The zero-order valence-corrected chi connectivity index (χ0v) is 16.3. The van der Waals surface area contributed by atoms with Crippen LogP contribution < -0.4 is 15.7 Å². The summed E-state index contributed by atoms with van der Waals surface area (Å²) >= 11 is 0. The molecule has 0 amide bonds. The highest BCUT2D eigenvalue weighted by atomic mass is 16.7. The van der Waals surface area contributed by atoms with E-state index in [0.29, 0.717) is 0 Å². The Labute approximate surface area is 160 Å². The number of H-pyrrole nitrogens is 1. The SMILES string of the molecule is CC1=C(c2c[nH]c3nccc(N4CCCC5(CCCCN5)C4)c23)C(C)NO1. The fourth-order valence-electron chi connectivity index (χ4n) is 5.25. The maximum Gasteiger partial charge on any atom is 0.139 e. The number of fused-ring (bicyclic) bond motifs is 1. The largest absolute Gasteiger partial charge is 0.413 e. The quantitative estimate of drug-likeness (QED) is 0.760. The fourth-order valence-corrected chi connectivity index (χ4v) is 5.25. The lowest BCUT2D eigenvalue weighted by Gasteiger charge is -2.47. The van der Waals surface area contributed by atoms with Gasteiger partial charge in [-0.25, -0.2) is 4.98 Å². The predicted molar refractivity (Wildman–Crippen MR) is 108 cm³/mol. The van der Waals surface area contributed by atoms with E-state index >= 15 is 0 Å². The fraction of sp³-hybridized carbons (Fsp3) is 0.571. The van der Waals surface area contributed by atoms with Crippen LogP contribution in [0.3, 0.4) is 0 Å². The third-order valence-corrected chi connectivity index (χ3v) is 6.54. The molecule has 3 aliphatic heterocycles. The van der Waals surface area contributed by atoms with Crippen LogP contribution in [0.2, 0.25) is 0 Å². The number of anilines is 1. The van der Waals surface area contributed by atoms with Gasteiger partial charge in [-0.1, -0.05) is 6.42 Å². The highest BCUT2D eigenvalue weighted by Crippen LogP contribution is 2.39. The molecule has 3 N–H and O–H groups in total. The lowest BCUT2D eigenvalue weighted by molar-refractivity contribution is 0.122. The van der Waals surface area contributed by atoms with Crippen LogP contribution in [0.15, 0.2) is 24.2 Å². The van der Waals surface area contributed by atoms with Crippen LogP contribution in [0.1, 0.15) is 51.5 Å². The van der Waals surface area contributed by atoms with Gasteiger partial charge in [0, 0.05) is 53.2 Å². The topological polar surface area (TPSA) is 65.2 Å². The van der Waals surface area contributed by atoms with Crippen molar-refractivity contribution in [1.82, 2.24) is 20.8 Å². The Balaban J connectivity index is 1.57. The van der Waals surface area contributed by atoms with Crippen molar-refractivity contribution in [1.29, 1.82) is 0 Å². The normalized spacial score (nSPS) is 29.0. The van der Waals surface area contributed by atoms with E-state index in [1.807, 2.05) is 13.1 Å². The molecule has 1 spiro atoms. The number of nitrogens with zero attached hydrogens (tertiary/aromatic N) is 2. The van der Waals surface area contributed by atoms with Crippen LogP contribution in [0.5, 0.6) is 0 Å². The number of hydrogen-bond acceptors (Lipinski definition) is 5. The molecule has 2 aromatic heterocycles. The standard InChI is InChI=1S/C21H29N5O/c1-14-18(15(2)27-25-14)16-12-23-20-19(16)17(6-10-22-20)26-11-5-8-21(13-26)7-3-4-9-24-21/h6,10,12,14,24-25H,3-5,7-9,11,13H2,1-2H3,(H,22,23). The summed E-state index contributed by atoms with van der Waals surface area (Å²) in [6, 6.07) is 2.36. The molecule has 2 saturated heterocycles. The highest BCUT2D eigenvalue weighted by molar-refractivity contribution is 6.01. The lowest BCUT2D eigenvalue weighted by Crippen LogP contribution is -2.59. The van der Waals surface area contributed by atoms with E-state index in [0.717, 1.165) is 31.0 Å². The number of rotatable bonds is 2. The molecule has 6 nitrogen and oxygen atoms in total. The van der Waals surface area contributed by atoms with Crippen molar-refractivity contribution in [3.05, 3.63) is 29.8 Å². The molecule has 5 rings (SSSR count). The second-order valence-corrected chi connectivity index (χ2v) is 8.36. The van der Waals surface area contributed by atoms with Gasteiger partial charge < -0.3 is 20.0 Å². The summed E-state index contributed by atoms with van der Waals surface area (Å²) in [5, 5.41) is 5.08. The molecule has 0 bridgehead atoms. The average Bonchev–Trinajstić information content (AvgIpc) is 3.25. The number of hydroxylamine groups is 1. The monoisotopic (exact) mass is 367 g/mol. The Morgan fingerprint density at radius 2 is 2.15 bits per heavy atom. The van der Waals surface area contributed by atoms with Gasteiger partial charge in [-0.15, -0.1) is 5.48 Å². The van der Waals surface area contributed by atoms with Crippen molar-refractivity contribution in [3.63, 3.8) is 0 Å². The molecule has 27 heavy (non-hydrogen) atoms. The molecule has 0 aliphatic carbocycles. The third kappa shape index (κ3) is 2.82. The third-order valence-electron chi connectivity index (χ3n) is 6.54. The molecule has 0 aromatic carbocycles. The smallest absolute Gasteiger partial charge is 0.139 e. The Bertz CT molecular complexity index is 874. The number of nitrogens with one attached hydrogen (secondary N) is 3. The first-order valence-corrected chi connectivity index (χ1v) is 10.3. The molecule has 0 saturated carbocycles. The molecular formula is C21H29N5O. The van der Waals surface area contributed by atoms with Crippen molar-refractivity contribution in [2.24, 2.45) is 0 Å². The summed E-state index contributed by atoms with van der Waals surface area (Å²) in [5.74, 6) is 0.947. The van der Waals surface area contributed by atoms with Gasteiger partial charge in [-0.3, -0.25) is 0 Å². The number of hydrogen-bond donors (Lipinski definition) is 3. The van der Waals surface area contributed by atoms with E-state index in [1.54, 1.807) is 0 Å². The summed E-state index contributed by atoms with van der Waals surface area (Å²) < 4.78 is 0. The average molecular weight is 367 g/mol. The molecule has 2 unspecified atom stereocenters. The van der Waals surface area contributed by atoms with Gasteiger partial charge in [-0.2, -0.15) is 0 Å². The van der Waals surface area contributed by atoms with E-state index in [4.69, 9.17) is 4.84 Å². The number of allylic oxidation sites excluding steroid dienone is 1. The van der Waals surface area contributed by atoms with Crippen LogP contribution in [0, 0.1) is 0 Å². The second kappa shape index (κ2) is 6.53. The molecule has 2 fully saturated rings. The first kappa shape index (κ1) is 17.1. The van der Waals surface area contributed by atoms with E-state index < -0.39 is 0 Å². The Hall–Kier alpha value is -2.05. The second-order valence-electron chi connectivity index (χ2n) is 8.36. The lowest BCUT2D eigenvalue weighted by atomic mass is 9.81. The zero-order valence-electron chi connectivity index (χ0n) is 16.3. The number of aromatic nitrogens is 2. The van der Waals surface area contributed by atoms with Crippen molar-refractivity contribution >= 4 is 22.3 Å². The minimum Gasteiger partial charge on any atom is -0.413 e. The van der Waals surface area contributed by atoms with Crippen LogP contribution in [0.4, 0.5) is 5.69 Å². The van der Waals surface area contributed by atoms with Crippen molar-refractivity contribution in [3.8, 4) is 0 Å². The minimum atomic E-state index is 0.171. The first-order valence-electron chi connectivity index (χ1n) is 10.3. The van der Waals surface area contributed by atoms with Crippen LogP contribution >= 0.6 is 0 Å². The maximum absolute atomic E-state index is 5.60. The Kier molecular flexibility index (Phi) is 4.13. The van der Waals surface area contributed by atoms with Crippen LogP contribution in [-0.4, -0.2) is 41.2 Å². The summed E-state index contributed by atoms with van der Waals surface area (Å²) in [6.45, 7) is 7.52. The van der Waals surface area contributed by atoms with Crippen molar-refractivity contribution in [2.45, 2.75) is 57.5 Å². The summed E-state index contributed by atoms with van der Waals surface area (Å²) in [5.41, 5.74) is 8.05. The molecular weight excluding hydrogens is 338 g/mol. The van der Waals surface area contributed by atoms with Crippen LogP contribution in [-0.2, 0) is 4.84 Å². The maximum atomic E-state index is 5.60. The highest BCUT2D eigenvalue weighted by Gasteiger charge is 2.37. The van der Waals surface area contributed by atoms with E-state index in [-0.39, 0.29) is 11.6 Å². The first-order chi connectivity index (χ1) is 13.2. The molecule has 0 radical (unpaired) electrons. The molecule has 144 valence electrons. The van der Waals surface area contributed by atoms with Gasteiger partial charge >= 0.3 is 0 Å². The number of piperidine rings is 2. The van der Waals surface area contributed by atoms with Crippen LogP contribution in [0.25, 0.3) is 16.6 Å². The van der Waals surface area contributed by atoms with E-state index in [9.17, 15) is 0 Å². The van der Waals surface area contributed by atoms with Crippen molar-refractivity contribution < 1.29 is 4.84 Å². The summed E-state index contributed by atoms with van der Waals surface area (Å²) in [7, 11) is 0. The number of aromatic amines is 1. The molecule has 3 aliphatic rings. The van der Waals surface area contributed by atoms with E-state index in [2.05, 4.69) is 44.9 Å². The Morgan fingerprint density at radius 1 is 1.26 bits per heavy atom. The summed E-state index contributed by atoms with van der Waals surface area (Å²) in [6.07, 6.45) is 10.5. The van der Waals surface area contributed by atoms with Gasteiger partial charge in [0.05, 0.1) is 6.04 Å². The van der Waals surface area contributed by atoms with Gasteiger partial charge in [0.25, 0.3) is 0 Å². The Morgan fingerprint density at radius 3 is 2.93 bits per heavy atom. The molecule has 5 heterocycles. The molecule has 6 heteroatoms.